The molecule has 1 fully saturated rings. The van der Waals surface area contributed by atoms with Crippen LogP contribution in [0.5, 0.6) is 0 Å². The highest BCUT2D eigenvalue weighted by molar-refractivity contribution is 5.20. The molecule has 0 saturated carbocycles. The third kappa shape index (κ3) is 4.05. The lowest BCUT2D eigenvalue weighted by Gasteiger charge is -2.35. The van der Waals surface area contributed by atoms with Crippen LogP contribution in [0.25, 0.3) is 0 Å². The maximum Gasteiger partial charge on any atom is 0.0506 e. The predicted octanol–water partition coefficient (Wildman–Crippen LogP) is 2.48. The zero-order chi connectivity index (χ0) is 14.4. The van der Waals surface area contributed by atoms with E-state index >= 15 is 0 Å². The minimum absolute atomic E-state index is 0.388. The van der Waals surface area contributed by atoms with Gasteiger partial charge >= 0.3 is 0 Å². The molecule has 1 aromatic carbocycles. The van der Waals surface area contributed by atoms with E-state index in [0.717, 1.165) is 19.8 Å². The highest BCUT2D eigenvalue weighted by atomic mass is 16.5. The van der Waals surface area contributed by atoms with Crippen molar-refractivity contribution in [2.75, 3.05) is 33.4 Å². The van der Waals surface area contributed by atoms with Crippen molar-refractivity contribution in [1.82, 2.24) is 4.90 Å². The van der Waals surface area contributed by atoms with Gasteiger partial charge in [0.2, 0.25) is 0 Å². The van der Waals surface area contributed by atoms with E-state index in [2.05, 4.69) is 49.2 Å². The Hall–Kier alpha value is -0.900. The summed E-state index contributed by atoms with van der Waals surface area (Å²) in [4.78, 5) is 2.43. The molecule has 0 amide bonds. The van der Waals surface area contributed by atoms with Gasteiger partial charge in [0.1, 0.15) is 0 Å². The Morgan fingerprint density at radius 3 is 2.70 bits per heavy atom. The number of rotatable bonds is 6. The third-order valence-electron chi connectivity index (χ3n) is 4.51. The van der Waals surface area contributed by atoms with Gasteiger partial charge < -0.3 is 15.4 Å². The van der Waals surface area contributed by atoms with Crippen molar-refractivity contribution >= 4 is 0 Å². The first kappa shape index (κ1) is 15.5. The smallest absolute Gasteiger partial charge is 0.0506 e. The molecule has 112 valence electrons. The number of ether oxygens (including phenoxy) is 1. The van der Waals surface area contributed by atoms with Crippen LogP contribution < -0.4 is 5.73 Å². The van der Waals surface area contributed by atoms with Crippen LogP contribution in [0.15, 0.2) is 30.3 Å². The fourth-order valence-electron chi connectivity index (χ4n) is 3.24. The fraction of sp³-hybridized carbons (Fsp3) is 0.647. The van der Waals surface area contributed by atoms with E-state index in [1.807, 2.05) is 0 Å². The molecule has 1 saturated heterocycles. The summed E-state index contributed by atoms with van der Waals surface area (Å²) in [5.74, 6) is 1.11. The molecule has 1 heterocycles. The lowest BCUT2D eigenvalue weighted by Crippen LogP contribution is -2.44. The highest BCUT2D eigenvalue weighted by Crippen LogP contribution is 2.23. The van der Waals surface area contributed by atoms with Crippen LogP contribution in [0.4, 0.5) is 0 Å². The van der Waals surface area contributed by atoms with Gasteiger partial charge in [-0.3, -0.25) is 0 Å². The van der Waals surface area contributed by atoms with Crippen LogP contribution in [0, 0.1) is 5.92 Å². The first-order valence-corrected chi connectivity index (χ1v) is 7.75. The quantitative estimate of drug-likeness (QED) is 0.867. The van der Waals surface area contributed by atoms with E-state index in [9.17, 15) is 0 Å². The second-order valence-corrected chi connectivity index (χ2v) is 6.03. The maximum absolute atomic E-state index is 6.04. The molecule has 1 aromatic rings. The molecule has 0 bridgehead atoms. The second kappa shape index (κ2) is 7.77. The molecule has 2 N–H and O–H groups in total. The Balaban J connectivity index is 1.95. The van der Waals surface area contributed by atoms with Gasteiger partial charge in [0.15, 0.2) is 0 Å². The van der Waals surface area contributed by atoms with E-state index in [0.29, 0.717) is 24.4 Å². The van der Waals surface area contributed by atoms with Gasteiger partial charge in [0.25, 0.3) is 0 Å². The number of nitrogens with zero attached hydrogens (tertiary/aromatic N) is 1. The standard InChI is InChI=1S/C17H28N2O/c1-14(16-8-4-3-5-9-16)17(11-18)19(2)12-15-7-6-10-20-13-15/h3-5,8-9,14-15,17H,6-7,10-13,18H2,1-2H3. The molecule has 1 aliphatic heterocycles. The number of hydrogen-bond donors (Lipinski definition) is 1. The average molecular weight is 276 g/mol. The molecule has 3 nitrogen and oxygen atoms in total. The Kier molecular flexibility index (Phi) is 6.02. The lowest BCUT2D eigenvalue weighted by atomic mass is 9.91. The van der Waals surface area contributed by atoms with E-state index in [1.165, 1.54) is 18.4 Å². The lowest BCUT2D eigenvalue weighted by molar-refractivity contribution is 0.0350. The molecule has 2 rings (SSSR count). The number of hydrogen-bond acceptors (Lipinski definition) is 3. The van der Waals surface area contributed by atoms with E-state index in [4.69, 9.17) is 10.5 Å². The molecule has 3 atom stereocenters. The Morgan fingerprint density at radius 2 is 2.10 bits per heavy atom. The predicted molar refractivity (Wildman–Crippen MR) is 83.9 cm³/mol. The van der Waals surface area contributed by atoms with Crippen LogP contribution in [0.1, 0.15) is 31.2 Å². The molecule has 20 heavy (non-hydrogen) atoms. The summed E-state index contributed by atoms with van der Waals surface area (Å²) >= 11 is 0. The summed E-state index contributed by atoms with van der Waals surface area (Å²) in [6, 6.07) is 11.1. The molecular weight excluding hydrogens is 248 g/mol. The van der Waals surface area contributed by atoms with Crippen molar-refractivity contribution in [1.29, 1.82) is 0 Å². The van der Waals surface area contributed by atoms with Gasteiger partial charge in [-0.25, -0.2) is 0 Å². The Morgan fingerprint density at radius 1 is 1.35 bits per heavy atom. The van der Waals surface area contributed by atoms with Crippen molar-refractivity contribution in [2.45, 2.75) is 31.7 Å². The topological polar surface area (TPSA) is 38.5 Å². The number of nitrogens with two attached hydrogens (primary N) is 1. The molecular formula is C17H28N2O. The van der Waals surface area contributed by atoms with Crippen LogP contribution in [0.2, 0.25) is 0 Å². The van der Waals surface area contributed by atoms with Crippen molar-refractivity contribution in [3.05, 3.63) is 35.9 Å². The van der Waals surface area contributed by atoms with E-state index in [1.54, 1.807) is 0 Å². The van der Waals surface area contributed by atoms with E-state index < -0.39 is 0 Å². The van der Waals surface area contributed by atoms with E-state index in [-0.39, 0.29) is 0 Å². The monoisotopic (exact) mass is 276 g/mol. The van der Waals surface area contributed by atoms with Crippen molar-refractivity contribution in [3.63, 3.8) is 0 Å². The second-order valence-electron chi connectivity index (χ2n) is 6.03. The maximum atomic E-state index is 6.04. The molecule has 0 aromatic heterocycles. The summed E-state index contributed by atoms with van der Waals surface area (Å²) in [6.07, 6.45) is 2.47. The zero-order valence-corrected chi connectivity index (χ0v) is 12.8. The normalized spacial score (nSPS) is 22.7. The van der Waals surface area contributed by atoms with Crippen molar-refractivity contribution in [2.24, 2.45) is 11.7 Å². The van der Waals surface area contributed by atoms with Gasteiger partial charge in [0.05, 0.1) is 6.61 Å². The largest absolute Gasteiger partial charge is 0.381 e. The number of likely N-dealkylation sites (N-methyl/N-ethyl adjacent to an activating group) is 1. The SMILES string of the molecule is CC(c1ccccc1)C(CN)N(C)CC1CCCOC1. The van der Waals surface area contributed by atoms with Gasteiger partial charge in [-0.1, -0.05) is 37.3 Å². The van der Waals surface area contributed by atoms with Gasteiger partial charge in [-0.05, 0) is 37.3 Å². The van der Waals surface area contributed by atoms with Crippen LogP contribution >= 0.6 is 0 Å². The third-order valence-corrected chi connectivity index (χ3v) is 4.51. The summed E-state index contributed by atoms with van der Waals surface area (Å²) in [5.41, 5.74) is 7.41. The summed E-state index contributed by atoms with van der Waals surface area (Å²) in [7, 11) is 2.20. The average Bonchev–Trinajstić information content (AvgIpc) is 2.49. The highest BCUT2D eigenvalue weighted by Gasteiger charge is 2.24. The Labute approximate surface area is 123 Å². The molecule has 3 heteroatoms. The first-order valence-electron chi connectivity index (χ1n) is 7.75. The van der Waals surface area contributed by atoms with Crippen LogP contribution in [-0.4, -0.2) is 44.3 Å². The molecule has 0 radical (unpaired) electrons. The van der Waals surface area contributed by atoms with Crippen LogP contribution in [0.3, 0.4) is 0 Å². The molecule has 1 aliphatic rings. The van der Waals surface area contributed by atoms with Crippen LogP contribution in [-0.2, 0) is 4.74 Å². The fourth-order valence-corrected chi connectivity index (χ4v) is 3.24. The molecule has 0 aliphatic carbocycles. The van der Waals surface area contributed by atoms with Crippen molar-refractivity contribution < 1.29 is 4.74 Å². The van der Waals surface area contributed by atoms with Gasteiger partial charge in [0, 0.05) is 25.7 Å². The summed E-state index contributed by atoms with van der Waals surface area (Å²) in [5, 5.41) is 0. The number of benzene rings is 1. The minimum atomic E-state index is 0.388. The van der Waals surface area contributed by atoms with Gasteiger partial charge in [-0.2, -0.15) is 0 Å². The first-order chi connectivity index (χ1) is 9.72. The Bertz CT molecular complexity index is 376. The molecule has 3 unspecified atom stereocenters. The minimum Gasteiger partial charge on any atom is -0.381 e. The van der Waals surface area contributed by atoms with Gasteiger partial charge in [-0.15, -0.1) is 0 Å². The van der Waals surface area contributed by atoms with Crippen molar-refractivity contribution in [3.8, 4) is 0 Å². The zero-order valence-electron chi connectivity index (χ0n) is 12.8. The molecule has 0 spiro atoms. The summed E-state index contributed by atoms with van der Waals surface area (Å²) < 4.78 is 5.58. The summed E-state index contributed by atoms with van der Waals surface area (Å²) in [6.45, 7) is 5.89.